The van der Waals surface area contributed by atoms with E-state index in [1.165, 1.54) is 64.2 Å². The second-order valence-electron chi connectivity index (χ2n) is 15.7. The molecule has 0 spiro atoms. The number of rotatable bonds is 42. The van der Waals surface area contributed by atoms with E-state index in [2.05, 4.69) is 118 Å². The Bertz CT molecular complexity index is 1230. The van der Waals surface area contributed by atoms with E-state index in [4.69, 9.17) is 14.2 Å². The van der Waals surface area contributed by atoms with E-state index in [0.717, 1.165) is 96.3 Å². The lowest BCUT2D eigenvalue weighted by Crippen LogP contribution is -2.30. The molecule has 0 saturated carbocycles. The van der Waals surface area contributed by atoms with Gasteiger partial charge in [-0.05, 0) is 89.9 Å². The highest BCUT2D eigenvalue weighted by atomic mass is 16.6. The Kier molecular flexibility index (Phi) is 45.1. The summed E-state index contributed by atoms with van der Waals surface area (Å²) in [4.78, 5) is 37.8. The highest BCUT2D eigenvalue weighted by Crippen LogP contribution is 2.13. The van der Waals surface area contributed by atoms with Crippen LogP contribution in [0, 0.1) is 0 Å². The number of ether oxygens (including phenoxy) is 3. The van der Waals surface area contributed by atoms with Crippen LogP contribution in [-0.2, 0) is 28.6 Å². The second kappa shape index (κ2) is 48.0. The molecular formula is C54H88O6. The van der Waals surface area contributed by atoms with Crippen molar-refractivity contribution in [3.63, 3.8) is 0 Å². The van der Waals surface area contributed by atoms with Crippen LogP contribution in [0.4, 0.5) is 0 Å². The molecule has 60 heavy (non-hydrogen) atoms. The van der Waals surface area contributed by atoms with Crippen LogP contribution in [0.3, 0.4) is 0 Å². The molecule has 0 N–H and O–H groups in total. The molecule has 0 heterocycles. The van der Waals surface area contributed by atoms with Crippen molar-refractivity contribution in [2.75, 3.05) is 13.2 Å². The maximum Gasteiger partial charge on any atom is 0.306 e. The minimum atomic E-state index is -0.814. The van der Waals surface area contributed by atoms with Gasteiger partial charge in [0.15, 0.2) is 6.10 Å². The predicted molar refractivity (Wildman–Crippen MR) is 256 cm³/mol. The zero-order chi connectivity index (χ0) is 43.7. The van der Waals surface area contributed by atoms with Crippen molar-refractivity contribution in [1.82, 2.24) is 0 Å². The maximum atomic E-state index is 12.8. The topological polar surface area (TPSA) is 78.9 Å². The Morgan fingerprint density at radius 1 is 0.367 bits per heavy atom. The zero-order valence-corrected chi connectivity index (χ0v) is 38.7. The number of carbonyl (C=O) groups excluding carboxylic acids is 3. The average molecular weight is 833 g/mol. The summed E-state index contributed by atoms with van der Waals surface area (Å²) in [5.41, 5.74) is 0. The third-order valence-corrected chi connectivity index (χ3v) is 9.89. The summed E-state index contributed by atoms with van der Waals surface area (Å²) in [6.07, 6.45) is 62.6. The number of hydrogen-bond acceptors (Lipinski definition) is 6. The summed E-state index contributed by atoms with van der Waals surface area (Å²) in [6.45, 7) is 6.28. The van der Waals surface area contributed by atoms with Gasteiger partial charge in [0.05, 0.1) is 0 Å². The van der Waals surface area contributed by atoms with Gasteiger partial charge >= 0.3 is 17.9 Å². The third kappa shape index (κ3) is 45.4. The molecule has 0 bridgehead atoms. The normalized spacial score (nSPS) is 12.9. The number of hydrogen-bond donors (Lipinski definition) is 0. The number of allylic oxidation sites excluding steroid dienone is 16. The SMILES string of the molecule is CC\C=C/C=C\C=C/CCCCCCCCCC(=O)OC(COC(=O)CCC/C=C\C/C=C\C/C=C\CC)COC(=O)CCCCC/C=C\C=C/CCCCCCCCC. The molecule has 1 unspecified atom stereocenters. The number of unbranched alkanes of at least 4 members (excludes halogenated alkanes) is 18. The van der Waals surface area contributed by atoms with Gasteiger partial charge in [0.25, 0.3) is 0 Å². The van der Waals surface area contributed by atoms with Crippen LogP contribution in [0.15, 0.2) is 97.2 Å². The Labute approximate surface area is 368 Å². The van der Waals surface area contributed by atoms with Crippen LogP contribution in [0.5, 0.6) is 0 Å². The van der Waals surface area contributed by atoms with Crippen LogP contribution in [0.1, 0.15) is 207 Å². The first kappa shape index (κ1) is 56.3. The van der Waals surface area contributed by atoms with Crippen molar-refractivity contribution in [3.05, 3.63) is 97.2 Å². The maximum absolute atomic E-state index is 12.8. The quantitative estimate of drug-likeness (QED) is 0.0200. The first-order chi connectivity index (χ1) is 29.5. The van der Waals surface area contributed by atoms with Crippen LogP contribution < -0.4 is 0 Å². The van der Waals surface area contributed by atoms with E-state index in [9.17, 15) is 14.4 Å². The largest absolute Gasteiger partial charge is 0.462 e. The fraction of sp³-hybridized carbons (Fsp3) is 0.648. The third-order valence-electron chi connectivity index (χ3n) is 9.89. The molecule has 0 fully saturated rings. The van der Waals surface area contributed by atoms with Crippen LogP contribution in [-0.4, -0.2) is 37.2 Å². The summed E-state index contributed by atoms with van der Waals surface area (Å²) in [5, 5.41) is 0. The van der Waals surface area contributed by atoms with E-state index in [1.54, 1.807) is 0 Å². The van der Waals surface area contributed by atoms with E-state index < -0.39 is 6.10 Å². The lowest BCUT2D eigenvalue weighted by molar-refractivity contribution is -0.167. The molecule has 340 valence electrons. The van der Waals surface area contributed by atoms with Gasteiger partial charge in [-0.3, -0.25) is 14.4 Å². The molecule has 1 atom stereocenters. The van der Waals surface area contributed by atoms with Gasteiger partial charge in [0, 0.05) is 19.3 Å². The predicted octanol–water partition coefficient (Wildman–Crippen LogP) is 15.8. The molecule has 0 aromatic carbocycles. The van der Waals surface area contributed by atoms with Gasteiger partial charge in [-0.1, -0.05) is 195 Å². The fourth-order valence-corrected chi connectivity index (χ4v) is 6.28. The second-order valence-corrected chi connectivity index (χ2v) is 15.7. The minimum Gasteiger partial charge on any atom is -0.462 e. The average Bonchev–Trinajstić information content (AvgIpc) is 3.24. The summed E-state index contributed by atoms with van der Waals surface area (Å²) in [7, 11) is 0. The van der Waals surface area contributed by atoms with E-state index in [1.807, 2.05) is 0 Å². The van der Waals surface area contributed by atoms with Gasteiger partial charge in [-0.15, -0.1) is 0 Å². The molecular weight excluding hydrogens is 745 g/mol. The standard InChI is InChI=1S/C54H88O6/c1-4-7-10-13-16-19-22-24-26-28-29-32-35-38-41-44-47-53(56)59-50-51(49-58-52(55)46-43-40-37-34-31-21-18-15-12-9-6-3)60-54(57)48-45-42-39-36-33-30-27-25-23-20-17-14-11-8-5-2/h8-9,11-12,14,17-18,20-21,23,26,28-29,32,34,37,51H,4-7,10,13,15-16,19,22,24-25,27,30-31,33,35-36,38-50H2,1-3H3/b11-8-,12-9-,17-14-,21-18-,23-20-,28-26-,32-29-,37-34-. The van der Waals surface area contributed by atoms with E-state index in [0.29, 0.717) is 19.3 Å². The Hall–Kier alpha value is -3.67. The fourth-order valence-electron chi connectivity index (χ4n) is 6.28. The van der Waals surface area contributed by atoms with E-state index >= 15 is 0 Å². The van der Waals surface area contributed by atoms with Gasteiger partial charge in [-0.25, -0.2) is 0 Å². The summed E-state index contributed by atoms with van der Waals surface area (Å²) >= 11 is 0. The van der Waals surface area contributed by atoms with Crippen LogP contribution in [0.25, 0.3) is 0 Å². The smallest absolute Gasteiger partial charge is 0.306 e. The molecule has 0 aromatic heterocycles. The Balaban J connectivity index is 4.50. The monoisotopic (exact) mass is 833 g/mol. The van der Waals surface area contributed by atoms with Crippen molar-refractivity contribution < 1.29 is 28.6 Å². The lowest BCUT2D eigenvalue weighted by Gasteiger charge is -2.18. The lowest BCUT2D eigenvalue weighted by atomic mass is 10.1. The molecule has 6 heteroatoms. The van der Waals surface area contributed by atoms with Crippen molar-refractivity contribution in [1.29, 1.82) is 0 Å². The molecule has 0 rings (SSSR count). The van der Waals surface area contributed by atoms with Gasteiger partial charge in [-0.2, -0.15) is 0 Å². The summed E-state index contributed by atoms with van der Waals surface area (Å²) in [5.74, 6) is -1.01. The van der Waals surface area contributed by atoms with Gasteiger partial charge in [0.1, 0.15) is 13.2 Å². The minimum absolute atomic E-state index is 0.113. The first-order valence-corrected chi connectivity index (χ1v) is 24.3. The highest BCUT2D eigenvalue weighted by Gasteiger charge is 2.19. The molecule has 6 nitrogen and oxygen atoms in total. The molecule has 0 aliphatic rings. The molecule has 0 saturated heterocycles. The molecule has 0 aromatic rings. The van der Waals surface area contributed by atoms with Crippen molar-refractivity contribution in [2.24, 2.45) is 0 Å². The molecule has 0 aliphatic carbocycles. The molecule has 0 aliphatic heterocycles. The number of carbonyl (C=O) groups is 3. The molecule has 0 amide bonds. The summed E-state index contributed by atoms with van der Waals surface area (Å²) in [6, 6.07) is 0. The zero-order valence-electron chi connectivity index (χ0n) is 38.7. The van der Waals surface area contributed by atoms with Crippen molar-refractivity contribution >= 4 is 17.9 Å². The van der Waals surface area contributed by atoms with Crippen LogP contribution >= 0.6 is 0 Å². The summed E-state index contributed by atoms with van der Waals surface area (Å²) < 4.78 is 16.7. The van der Waals surface area contributed by atoms with Crippen molar-refractivity contribution in [3.8, 4) is 0 Å². The van der Waals surface area contributed by atoms with Crippen LogP contribution in [0.2, 0.25) is 0 Å². The first-order valence-electron chi connectivity index (χ1n) is 24.3. The van der Waals surface area contributed by atoms with E-state index in [-0.39, 0.29) is 37.5 Å². The highest BCUT2D eigenvalue weighted by molar-refractivity contribution is 5.71. The number of esters is 3. The molecule has 0 radical (unpaired) electrons. The van der Waals surface area contributed by atoms with Gasteiger partial charge in [0.2, 0.25) is 0 Å². The Morgan fingerprint density at radius 3 is 1.28 bits per heavy atom. The Morgan fingerprint density at radius 2 is 0.750 bits per heavy atom. The van der Waals surface area contributed by atoms with Gasteiger partial charge < -0.3 is 14.2 Å². The van der Waals surface area contributed by atoms with Crippen molar-refractivity contribution in [2.45, 2.75) is 213 Å².